The van der Waals surface area contributed by atoms with Crippen LogP contribution < -0.4 is 10.7 Å². The smallest absolute Gasteiger partial charge is 0.324 e. The van der Waals surface area contributed by atoms with Gasteiger partial charge in [-0.25, -0.2) is 10.4 Å². The monoisotopic (exact) mass is 906 g/mol. The summed E-state index contributed by atoms with van der Waals surface area (Å²) in [4.78, 5) is 68.3. The number of ether oxygens (including phenoxy) is 3. The molecule has 8 rings (SSSR count). The Morgan fingerprint density at radius 1 is 1.12 bits per heavy atom. The standard InChI is InChI=1S/C49H62N8O7S/c1-31(62-7)44-34(11-8-19-50-44)45-36-27-48(2,3)30-64-47(61)37-12-9-22-57(53-37)46(60)38(26-42-52-39(29-65-42)32-13-14-40(54(45)6)35(36)25-32)51-41(58)17-24-63-33-16-23-55(28-33)43(59)15-18-49(4,5)56-20-10-21-56/h8,11,13-14,19,25,29,31,33,37-38,53H,9-10,12,16-17,20-24,26-28,30H2,1-7H3,(H,51,58)/t31-,33+,37-,38-/m0/s1. The number of thiazole rings is 1. The fourth-order valence-electron chi connectivity index (χ4n) is 9.24. The van der Waals surface area contributed by atoms with Crippen molar-refractivity contribution < 1.29 is 33.4 Å². The summed E-state index contributed by atoms with van der Waals surface area (Å²) in [6.45, 7) is 13.8. The van der Waals surface area contributed by atoms with E-state index in [1.165, 1.54) is 16.3 Å². The first-order chi connectivity index (χ1) is 31.1. The van der Waals surface area contributed by atoms with Crippen LogP contribution in [0, 0.1) is 17.3 Å². The molecular formula is C49H62N8O7S. The molecule has 3 aromatic heterocycles. The lowest BCUT2D eigenvalue weighted by Gasteiger charge is -2.41. The van der Waals surface area contributed by atoms with E-state index in [1.807, 2.05) is 32.2 Å². The van der Waals surface area contributed by atoms with E-state index in [-0.39, 0.29) is 61.5 Å². The molecule has 4 aliphatic heterocycles. The van der Waals surface area contributed by atoms with Gasteiger partial charge in [-0.15, -0.1) is 11.3 Å². The first-order valence-corrected chi connectivity index (χ1v) is 23.7. The zero-order chi connectivity index (χ0) is 46.0. The zero-order valence-corrected chi connectivity index (χ0v) is 39.5. The number of nitrogens with zero attached hydrogens (tertiary/aromatic N) is 6. The highest BCUT2D eigenvalue weighted by Crippen LogP contribution is 2.41. The number of aromatic nitrogens is 3. The molecule has 0 radical (unpaired) electrons. The predicted octanol–water partition coefficient (Wildman–Crippen LogP) is 5.21. The number of carbonyl (C=O) groups excluding carboxylic acids is 4. The number of benzene rings is 1. The highest BCUT2D eigenvalue weighted by atomic mass is 32.1. The summed E-state index contributed by atoms with van der Waals surface area (Å²) >= 11 is 1.44. The molecule has 346 valence electrons. The van der Waals surface area contributed by atoms with E-state index < -0.39 is 23.5 Å². The molecule has 3 fully saturated rings. The normalized spacial score (nSPS) is 22.1. The lowest BCUT2D eigenvalue weighted by Crippen LogP contribution is -2.60. The molecule has 65 heavy (non-hydrogen) atoms. The largest absolute Gasteiger partial charge is 0.464 e. The van der Waals surface area contributed by atoms with Crippen LogP contribution in [0.3, 0.4) is 0 Å². The van der Waals surface area contributed by atoms with Gasteiger partial charge < -0.3 is 29.0 Å². The Morgan fingerprint density at radius 3 is 2.71 bits per heavy atom. The van der Waals surface area contributed by atoms with Crippen LogP contribution in [0.5, 0.6) is 0 Å². The summed E-state index contributed by atoms with van der Waals surface area (Å²) in [5, 5.41) is 8.14. The van der Waals surface area contributed by atoms with Gasteiger partial charge in [0.15, 0.2) is 0 Å². The number of carbonyl (C=O) groups is 4. The van der Waals surface area contributed by atoms with Gasteiger partial charge in [-0.3, -0.25) is 34.1 Å². The quantitative estimate of drug-likeness (QED) is 0.168. The molecule has 1 aromatic carbocycles. The summed E-state index contributed by atoms with van der Waals surface area (Å²) < 4.78 is 20.1. The highest BCUT2D eigenvalue weighted by molar-refractivity contribution is 7.10. The van der Waals surface area contributed by atoms with Crippen LogP contribution in [0.2, 0.25) is 0 Å². The van der Waals surface area contributed by atoms with Crippen molar-refractivity contribution in [2.24, 2.45) is 12.5 Å². The Balaban J connectivity index is 1.02. The number of fused-ring (bicyclic) bond motifs is 6. The highest BCUT2D eigenvalue weighted by Gasteiger charge is 2.36. The van der Waals surface area contributed by atoms with E-state index in [0.29, 0.717) is 50.3 Å². The zero-order valence-electron chi connectivity index (χ0n) is 38.7. The number of pyridine rings is 1. The molecule has 4 aliphatic rings. The molecule has 16 heteroatoms. The second-order valence-electron chi connectivity index (χ2n) is 19.1. The Hall–Kier alpha value is -5.18. The van der Waals surface area contributed by atoms with Crippen molar-refractivity contribution in [1.82, 2.24) is 40.1 Å². The summed E-state index contributed by atoms with van der Waals surface area (Å²) in [7, 11) is 3.75. The van der Waals surface area contributed by atoms with Crippen LogP contribution in [-0.4, -0.2) is 130 Å². The third-order valence-electron chi connectivity index (χ3n) is 13.2. The van der Waals surface area contributed by atoms with Gasteiger partial charge >= 0.3 is 5.97 Å². The number of hydrogen-bond donors (Lipinski definition) is 2. The lowest BCUT2D eigenvalue weighted by molar-refractivity contribution is -0.155. The van der Waals surface area contributed by atoms with E-state index in [0.717, 1.165) is 64.2 Å². The Kier molecular flexibility index (Phi) is 13.8. The maximum absolute atomic E-state index is 14.3. The molecule has 4 atom stereocenters. The van der Waals surface area contributed by atoms with Crippen molar-refractivity contribution in [3.63, 3.8) is 0 Å². The second kappa shape index (κ2) is 19.3. The third-order valence-corrected chi connectivity index (χ3v) is 14.1. The Labute approximate surface area is 385 Å². The minimum atomic E-state index is -0.964. The molecular weight excluding hydrogens is 845 g/mol. The van der Waals surface area contributed by atoms with Crippen LogP contribution in [0.15, 0.2) is 41.9 Å². The predicted molar refractivity (Wildman–Crippen MR) is 248 cm³/mol. The van der Waals surface area contributed by atoms with Crippen LogP contribution >= 0.6 is 11.3 Å². The number of aryl methyl sites for hydroxylation is 1. The van der Waals surface area contributed by atoms with Gasteiger partial charge in [-0.1, -0.05) is 25.8 Å². The molecule has 7 heterocycles. The molecule has 0 spiro atoms. The average Bonchev–Trinajstić information content (AvgIpc) is 4.01. The minimum absolute atomic E-state index is 0.0195. The minimum Gasteiger partial charge on any atom is -0.464 e. The number of cyclic esters (lactones) is 1. The number of likely N-dealkylation sites (tertiary alicyclic amines) is 2. The first kappa shape index (κ1) is 46.4. The SMILES string of the molecule is CO[C@@H](C)c1ncccc1-c1c2c3cc(ccc3n1C)-c1csc(n1)C[C@H](NC(=O)CCO[C@@H]1CCN(C(=O)C#CC(C)(C)N3CCC3)C1)C(=O)N1CCC[C@H](N1)C(=O)OCC(C)(C)C2. The number of hydrazine groups is 1. The van der Waals surface area contributed by atoms with Gasteiger partial charge in [-0.2, -0.15) is 0 Å². The molecule has 6 bridgehead atoms. The molecule has 2 N–H and O–H groups in total. The molecule has 15 nitrogen and oxygen atoms in total. The van der Waals surface area contributed by atoms with Gasteiger partial charge in [-0.05, 0) is 88.6 Å². The Bertz CT molecular complexity index is 2500. The summed E-state index contributed by atoms with van der Waals surface area (Å²) in [6.07, 6.45) is 4.97. The molecule has 3 saturated heterocycles. The van der Waals surface area contributed by atoms with Gasteiger partial charge in [0, 0.05) is 98.7 Å². The molecule has 0 saturated carbocycles. The molecule has 0 aliphatic carbocycles. The fraction of sp³-hybridized carbons (Fsp3) is 0.551. The van der Waals surface area contributed by atoms with E-state index in [2.05, 4.69) is 77.2 Å². The van der Waals surface area contributed by atoms with Crippen molar-refractivity contribution in [3.8, 4) is 34.4 Å². The second-order valence-corrected chi connectivity index (χ2v) is 20.0. The van der Waals surface area contributed by atoms with Crippen LogP contribution in [0.1, 0.15) is 89.1 Å². The Morgan fingerprint density at radius 2 is 1.94 bits per heavy atom. The number of amides is 3. The van der Waals surface area contributed by atoms with Gasteiger partial charge in [0.25, 0.3) is 11.8 Å². The van der Waals surface area contributed by atoms with Crippen LogP contribution in [-0.2, 0) is 53.3 Å². The number of hydrogen-bond acceptors (Lipinski definition) is 12. The van der Waals surface area contributed by atoms with Gasteiger partial charge in [0.1, 0.15) is 12.1 Å². The number of methoxy groups -OCH3 is 1. The first-order valence-electron chi connectivity index (χ1n) is 22.9. The molecule has 4 aromatic rings. The van der Waals surface area contributed by atoms with Gasteiger partial charge in [0.05, 0.1) is 53.1 Å². The molecule has 0 unspecified atom stereocenters. The van der Waals surface area contributed by atoms with Gasteiger partial charge in [0.2, 0.25) is 5.91 Å². The van der Waals surface area contributed by atoms with Crippen molar-refractivity contribution in [2.45, 2.75) is 109 Å². The topological polar surface area (TPSA) is 160 Å². The van der Waals surface area contributed by atoms with E-state index in [4.69, 9.17) is 24.2 Å². The molecule has 3 amide bonds. The summed E-state index contributed by atoms with van der Waals surface area (Å²) in [5.74, 6) is 4.64. The fourth-order valence-corrected chi connectivity index (χ4v) is 10.1. The maximum Gasteiger partial charge on any atom is 0.324 e. The average molecular weight is 907 g/mol. The van der Waals surface area contributed by atoms with Crippen molar-refractivity contribution in [3.05, 3.63) is 58.2 Å². The van der Waals surface area contributed by atoms with E-state index >= 15 is 0 Å². The van der Waals surface area contributed by atoms with E-state index in [1.54, 1.807) is 18.2 Å². The third kappa shape index (κ3) is 10.3. The number of rotatable bonds is 9. The number of esters is 1. The summed E-state index contributed by atoms with van der Waals surface area (Å²) in [5.41, 5.74) is 8.95. The van der Waals surface area contributed by atoms with Crippen molar-refractivity contribution in [1.29, 1.82) is 0 Å². The van der Waals surface area contributed by atoms with E-state index in [9.17, 15) is 19.2 Å². The van der Waals surface area contributed by atoms with Crippen LogP contribution in [0.4, 0.5) is 0 Å². The lowest BCUT2D eigenvalue weighted by atomic mass is 9.84. The van der Waals surface area contributed by atoms with Crippen LogP contribution in [0.25, 0.3) is 33.4 Å². The number of nitrogens with one attached hydrogen (secondary N) is 2. The van der Waals surface area contributed by atoms with Crippen molar-refractivity contribution >= 4 is 45.9 Å². The van der Waals surface area contributed by atoms with Crippen molar-refractivity contribution in [2.75, 3.05) is 53.0 Å². The summed E-state index contributed by atoms with van der Waals surface area (Å²) in [6, 6.07) is 8.66. The maximum atomic E-state index is 14.3.